The van der Waals surface area contributed by atoms with Gasteiger partial charge in [0.15, 0.2) is 5.65 Å². The summed E-state index contributed by atoms with van der Waals surface area (Å²) >= 11 is 1.51. The van der Waals surface area contributed by atoms with Crippen molar-refractivity contribution in [1.29, 1.82) is 0 Å². The molecule has 0 saturated carbocycles. The number of thiophene rings is 1. The van der Waals surface area contributed by atoms with Crippen molar-refractivity contribution in [2.45, 2.75) is 0 Å². The maximum Gasteiger partial charge on any atom is 0.322 e. The van der Waals surface area contributed by atoms with Gasteiger partial charge in [0.25, 0.3) is 0 Å². The van der Waals surface area contributed by atoms with E-state index < -0.39 is 5.97 Å². The van der Waals surface area contributed by atoms with Crippen LogP contribution in [-0.2, 0) is 4.79 Å². The molecule has 132 valence electrons. The third-order valence-corrected chi connectivity index (χ3v) is 4.79. The van der Waals surface area contributed by atoms with Crippen LogP contribution in [-0.4, -0.2) is 32.0 Å². The van der Waals surface area contributed by atoms with Crippen LogP contribution in [0.25, 0.3) is 16.2 Å². The second-order valence-electron chi connectivity index (χ2n) is 5.64. The fraction of sp³-hybridized carbons (Fsp3) is 0.0500. The van der Waals surface area contributed by atoms with Gasteiger partial charge in [-0.1, -0.05) is 30.0 Å². The van der Waals surface area contributed by atoms with Crippen molar-refractivity contribution < 1.29 is 9.90 Å². The Morgan fingerprint density at radius 2 is 2.04 bits per heavy atom. The van der Waals surface area contributed by atoms with Gasteiger partial charge in [0.2, 0.25) is 0 Å². The normalized spacial score (nSPS) is 10.4. The molecule has 1 aromatic carbocycles. The third-order valence-electron chi connectivity index (χ3n) is 3.78. The Bertz CT molecular complexity index is 1170. The summed E-state index contributed by atoms with van der Waals surface area (Å²) in [5, 5.41) is 12.0. The maximum absolute atomic E-state index is 11.0. The number of imidazole rings is 1. The van der Waals surface area contributed by atoms with E-state index in [9.17, 15) is 4.79 Å². The molecular formula is C20H14N4O2S. The first-order valence-electron chi connectivity index (χ1n) is 8.16. The molecule has 0 bridgehead atoms. The quantitative estimate of drug-likeness (QED) is 0.536. The van der Waals surface area contributed by atoms with Gasteiger partial charge in [-0.2, -0.15) is 0 Å². The Hall–Kier alpha value is -3.63. The van der Waals surface area contributed by atoms with E-state index in [2.05, 4.69) is 27.1 Å². The average Bonchev–Trinajstić information content (AvgIpc) is 3.30. The fourth-order valence-corrected chi connectivity index (χ4v) is 3.44. The molecule has 0 saturated heterocycles. The molecule has 3 heterocycles. The molecule has 0 atom stereocenters. The Kier molecular flexibility index (Phi) is 4.56. The molecule has 6 nitrogen and oxygen atoms in total. The predicted molar refractivity (Wildman–Crippen MR) is 105 cm³/mol. The van der Waals surface area contributed by atoms with E-state index in [0.717, 1.165) is 15.3 Å². The first-order chi connectivity index (χ1) is 13.2. The molecule has 0 aliphatic carbocycles. The minimum atomic E-state index is -0.939. The monoisotopic (exact) mass is 374 g/mol. The summed E-state index contributed by atoms with van der Waals surface area (Å²) in [6, 6.07) is 13.7. The molecule has 4 aromatic rings. The number of hydrogen-bond donors (Lipinski definition) is 2. The van der Waals surface area contributed by atoms with Crippen molar-refractivity contribution in [2.75, 3.05) is 11.9 Å². The lowest BCUT2D eigenvalue weighted by molar-refractivity contribution is -0.134. The van der Waals surface area contributed by atoms with Gasteiger partial charge in [-0.15, -0.1) is 11.3 Å². The maximum atomic E-state index is 11.0. The summed E-state index contributed by atoms with van der Waals surface area (Å²) in [7, 11) is 0. The standard InChI is InChI=1S/C20H14N4O2S/c25-18(26)13-22-20-19(23-17-12-21-10-11-24(17)20)16-9-8-15(27-16)7-6-14-4-2-1-3-5-14/h1-5,8-12,22H,13H2,(H,25,26). The second-order valence-corrected chi connectivity index (χ2v) is 6.72. The summed E-state index contributed by atoms with van der Waals surface area (Å²) in [6.07, 6.45) is 5.02. The average molecular weight is 374 g/mol. The van der Waals surface area contributed by atoms with Crippen molar-refractivity contribution in [1.82, 2.24) is 14.4 Å². The number of nitrogens with one attached hydrogen (secondary N) is 1. The van der Waals surface area contributed by atoms with Gasteiger partial charge in [-0.3, -0.25) is 14.2 Å². The minimum absolute atomic E-state index is 0.199. The predicted octanol–water partition coefficient (Wildman–Crippen LogP) is 3.35. The molecule has 0 spiro atoms. The van der Waals surface area contributed by atoms with Gasteiger partial charge in [-0.25, -0.2) is 4.98 Å². The smallest absolute Gasteiger partial charge is 0.322 e. The number of carboxylic acids is 1. The van der Waals surface area contributed by atoms with Gasteiger partial charge in [0.05, 0.1) is 16.0 Å². The second kappa shape index (κ2) is 7.32. The Balaban J connectivity index is 1.70. The zero-order chi connectivity index (χ0) is 18.6. The van der Waals surface area contributed by atoms with Crippen molar-refractivity contribution in [2.24, 2.45) is 0 Å². The number of aliphatic carboxylic acids is 1. The molecule has 4 rings (SSSR count). The number of anilines is 1. The highest BCUT2D eigenvalue weighted by Crippen LogP contribution is 2.33. The van der Waals surface area contributed by atoms with E-state index in [1.54, 1.807) is 23.0 Å². The summed E-state index contributed by atoms with van der Waals surface area (Å²) in [5.41, 5.74) is 2.28. The zero-order valence-corrected chi connectivity index (χ0v) is 14.9. The number of rotatable bonds is 4. The SMILES string of the molecule is O=C(O)CNc1c(-c2ccc(C#Cc3ccccc3)s2)nc2cnccn12. The van der Waals surface area contributed by atoms with Crippen LogP contribution in [0.1, 0.15) is 10.4 Å². The molecule has 0 aliphatic heterocycles. The third kappa shape index (κ3) is 3.66. The summed E-state index contributed by atoms with van der Waals surface area (Å²) < 4.78 is 1.79. The van der Waals surface area contributed by atoms with Crippen LogP contribution in [0.4, 0.5) is 5.82 Å². The Morgan fingerprint density at radius 3 is 2.85 bits per heavy atom. The van der Waals surface area contributed by atoms with Crippen LogP contribution in [0.15, 0.2) is 61.1 Å². The Morgan fingerprint density at radius 1 is 1.19 bits per heavy atom. The van der Waals surface area contributed by atoms with Crippen molar-refractivity contribution >= 4 is 28.8 Å². The molecule has 27 heavy (non-hydrogen) atoms. The highest BCUT2D eigenvalue weighted by atomic mass is 32.1. The lowest BCUT2D eigenvalue weighted by Gasteiger charge is -2.05. The molecule has 0 unspecified atom stereocenters. The zero-order valence-electron chi connectivity index (χ0n) is 14.1. The van der Waals surface area contributed by atoms with Crippen LogP contribution in [0.3, 0.4) is 0 Å². The number of fused-ring (bicyclic) bond motifs is 1. The van der Waals surface area contributed by atoms with E-state index in [1.165, 1.54) is 11.3 Å². The first kappa shape index (κ1) is 16.8. The highest BCUT2D eigenvalue weighted by molar-refractivity contribution is 7.16. The molecule has 0 radical (unpaired) electrons. The Labute approximate surface area is 159 Å². The van der Waals surface area contributed by atoms with Crippen molar-refractivity contribution in [3.8, 4) is 22.4 Å². The number of aromatic nitrogens is 3. The largest absolute Gasteiger partial charge is 0.480 e. The molecule has 7 heteroatoms. The van der Waals surface area contributed by atoms with E-state index in [-0.39, 0.29) is 6.54 Å². The number of nitrogens with zero attached hydrogens (tertiary/aromatic N) is 3. The molecule has 0 fully saturated rings. The summed E-state index contributed by atoms with van der Waals surface area (Å²) in [6.45, 7) is -0.199. The van der Waals surface area contributed by atoms with Gasteiger partial charge < -0.3 is 10.4 Å². The topological polar surface area (TPSA) is 79.5 Å². The molecule has 2 N–H and O–H groups in total. The minimum Gasteiger partial charge on any atom is -0.480 e. The van der Waals surface area contributed by atoms with E-state index in [4.69, 9.17) is 5.11 Å². The van der Waals surface area contributed by atoms with E-state index >= 15 is 0 Å². The van der Waals surface area contributed by atoms with Crippen molar-refractivity contribution in [3.05, 3.63) is 71.5 Å². The fourth-order valence-electron chi connectivity index (χ4n) is 2.59. The molecule has 0 amide bonds. The van der Waals surface area contributed by atoms with Gasteiger partial charge in [-0.05, 0) is 24.3 Å². The molecular weight excluding hydrogens is 360 g/mol. The lowest BCUT2D eigenvalue weighted by Crippen LogP contribution is -2.14. The van der Waals surface area contributed by atoms with Crippen LogP contribution in [0.2, 0.25) is 0 Å². The number of benzene rings is 1. The highest BCUT2D eigenvalue weighted by Gasteiger charge is 2.16. The van der Waals surface area contributed by atoms with Crippen molar-refractivity contribution in [3.63, 3.8) is 0 Å². The van der Waals surface area contributed by atoms with Gasteiger partial charge in [0, 0.05) is 18.0 Å². The van der Waals surface area contributed by atoms with Crippen LogP contribution in [0, 0.1) is 11.8 Å². The number of carbonyl (C=O) groups is 1. The van der Waals surface area contributed by atoms with Crippen LogP contribution in [0.5, 0.6) is 0 Å². The first-order valence-corrected chi connectivity index (χ1v) is 8.97. The number of carboxylic acid groups (broad SMARTS) is 1. The number of hydrogen-bond acceptors (Lipinski definition) is 5. The molecule has 3 aromatic heterocycles. The van der Waals surface area contributed by atoms with E-state index in [1.807, 2.05) is 42.5 Å². The van der Waals surface area contributed by atoms with E-state index in [0.29, 0.717) is 17.2 Å². The molecule has 0 aliphatic rings. The van der Waals surface area contributed by atoms with Crippen LogP contribution < -0.4 is 5.32 Å². The van der Waals surface area contributed by atoms with Crippen LogP contribution >= 0.6 is 11.3 Å². The summed E-state index contributed by atoms with van der Waals surface area (Å²) in [4.78, 5) is 21.5. The van der Waals surface area contributed by atoms with Gasteiger partial charge in [0.1, 0.15) is 18.1 Å². The lowest BCUT2D eigenvalue weighted by atomic mass is 10.2. The summed E-state index contributed by atoms with van der Waals surface area (Å²) in [5.74, 6) is 5.99. The van der Waals surface area contributed by atoms with Gasteiger partial charge >= 0.3 is 5.97 Å².